The molecule has 1 N–H and O–H groups in total. The Morgan fingerprint density at radius 2 is 1.90 bits per heavy atom. The van der Waals surface area contributed by atoms with E-state index in [4.69, 9.17) is 14.5 Å². The van der Waals surface area contributed by atoms with Crippen molar-refractivity contribution in [3.63, 3.8) is 0 Å². The zero-order valence-electron chi connectivity index (χ0n) is 17.3. The fourth-order valence-corrected chi connectivity index (χ4v) is 3.19. The fraction of sp³-hybridized carbons (Fsp3) is 0.250. The number of rotatable bonds is 7. The van der Waals surface area contributed by atoms with Crippen molar-refractivity contribution in [2.24, 2.45) is 4.99 Å². The second kappa shape index (κ2) is 9.87. The molecule has 3 rings (SSSR count). The van der Waals surface area contributed by atoms with E-state index in [0.29, 0.717) is 29.5 Å². The zero-order valence-corrected chi connectivity index (χ0v) is 17.3. The van der Waals surface area contributed by atoms with Gasteiger partial charge in [0.2, 0.25) is 0 Å². The van der Waals surface area contributed by atoms with Gasteiger partial charge in [0.1, 0.15) is 23.4 Å². The van der Waals surface area contributed by atoms with Crippen molar-refractivity contribution in [3.05, 3.63) is 82.8 Å². The van der Waals surface area contributed by atoms with Crippen LogP contribution in [0.3, 0.4) is 0 Å². The first-order valence-corrected chi connectivity index (χ1v) is 9.91. The molecule has 156 valence electrons. The summed E-state index contributed by atoms with van der Waals surface area (Å²) in [5.41, 5.74) is 2.81. The lowest BCUT2D eigenvalue weighted by Gasteiger charge is -2.25. The highest BCUT2D eigenvalue weighted by Crippen LogP contribution is 2.33. The summed E-state index contributed by atoms with van der Waals surface area (Å²) in [7, 11) is 0. The molecular formula is C24H25FN2O3. The number of benzene rings is 2. The van der Waals surface area contributed by atoms with Crippen molar-refractivity contribution in [2.75, 3.05) is 13.2 Å². The van der Waals surface area contributed by atoms with Crippen molar-refractivity contribution in [3.8, 4) is 5.75 Å². The highest BCUT2D eigenvalue weighted by molar-refractivity contribution is 6.02. The van der Waals surface area contributed by atoms with Gasteiger partial charge in [-0.25, -0.2) is 9.18 Å². The van der Waals surface area contributed by atoms with Crippen LogP contribution in [0.2, 0.25) is 0 Å². The molecule has 0 aliphatic carbocycles. The van der Waals surface area contributed by atoms with Gasteiger partial charge in [-0.2, -0.15) is 0 Å². The second-order valence-corrected chi connectivity index (χ2v) is 6.69. The molecule has 0 aromatic heterocycles. The second-order valence-electron chi connectivity index (χ2n) is 6.69. The first-order chi connectivity index (χ1) is 14.5. The van der Waals surface area contributed by atoms with Gasteiger partial charge in [0.05, 0.1) is 18.8 Å². The number of carbonyl (C=O) groups excluding carboxylic acids is 1. The number of aliphatic imine (C=N–C) groups is 1. The Bertz CT molecular complexity index is 994. The molecule has 0 fully saturated rings. The van der Waals surface area contributed by atoms with E-state index < -0.39 is 12.0 Å². The topological polar surface area (TPSA) is 59.9 Å². The van der Waals surface area contributed by atoms with Crippen LogP contribution >= 0.6 is 0 Å². The van der Waals surface area contributed by atoms with Crippen molar-refractivity contribution in [2.45, 2.75) is 26.8 Å². The van der Waals surface area contributed by atoms with Gasteiger partial charge in [-0.15, -0.1) is 0 Å². The molecule has 0 saturated heterocycles. The van der Waals surface area contributed by atoms with E-state index in [0.717, 1.165) is 11.1 Å². The predicted molar refractivity (Wildman–Crippen MR) is 116 cm³/mol. The van der Waals surface area contributed by atoms with Crippen LogP contribution in [0.25, 0.3) is 6.08 Å². The number of allylic oxidation sites excluding steroid dienone is 1. The Hall–Kier alpha value is -3.41. The van der Waals surface area contributed by atoms with E-state index >= 15 is 0 Å². The number of hydrogen-bond donors (Lipinski definition) is 1. The number of carbonyl (C=O) groups is 1. The van der Waals surface area contributed by atoms with Crippen molar-refractivity contribution in [1.82, 2.24) is 5.32 Å². The molecule has 2 aromatic carbocycles. The van der Waals surface area contributed by atoms with Crippen LogP contribution in [0.1, 0.15) is 37.9 Å². The third-order valence-corrected chi connectivity index (χ3v) is 4.55. The number of nitrogens with zero attached hydrogens (tertiary/aromatic N) is 1. The molecule has 1 heterocycles. The average molecular weight is 408 g/mol. The van der Waals surface area contributed by atoms with E-state index in [-0.39, 0.29) is 12.4 Å². The summed E-state index contributed by atoms with van der Waals surface area (Å²) in [5.74, 6) is 0.622. The van der Waals surface area contributed by atoms with Gasteiger partial charge < -0.3 is 14.8 Å². The molecule has 0 spiro atoms. The number of halogens is 1. The van der Waals surface area contributed by atoms with Crippen molar-refractivity contribution < 1.29 is 18.7 Å². The zero-order chi connectivity index (χ0) is 21.5. The Morgan fingerprint density at radius 1 is 1.13 bits per heavy atom. The number of amidine groups is 1. The van der Waals surface area contributed by atoms with Crippen LogP contribution < -0.4 is 10.1 Å². The number of hydrogen-bond acceptors (Lipinski definition) is 5. The smallest absolute Gasteiger partial charge is 0.338 e. The lowest BCUT2D eigenvalue weighted by molar-refractivity contribution is -0.138. The molecule has 0 saturated carbocycles. The first-order valence-electron chi connectivity index (χ1n) is 9.91. The molecule has 1 unspecified atom stereocenters. The Labute approximate surface area is 175 Å². The minimum absolute atomic E-state index is 0.280. The van der Waals surface area contributed by atoms with E-state index in [1.165, 1.54) is 12.1 Å². The van der Waals surface area contributed by atoms with E-state index in [1.807, 2.05) is 44.2 Å². The lowest BCUT2D eigenvalue weighted by atomic mass is 9.95. The largest absolute Gasteiger partial charge is 0.494 e. The summed E-state index contributed by atoms with van der Waals surface area (Å²) in [4.78, 5) is 17.4. The summed E-state index contributed by atoms with van der Waals surface area (Å²) < 4.78 is 24.0. The first kappa shape index (κ1) is 21.3. The molecule has 6 heteroatoms. The lowest BCUT2D eigenvalue weighted by Crippen LogP contribution is -2.31. The molecule has 0 bridgehead atoms. The molecule has 2 aromatic rings. The van der Waals surface area contributed by atoms with Gasteiger partial charge in [0.15, 0.2) is 0 Å². The highest BCUT2D eigenvalue weighted by Gasteiger charge is 2.30. The summed E-state index contributed by atoms with van der Waals surface area (Å²) >= 11 is 0. The summed E-state index contributed by atoms with van der Waals surface area (Å²) in [6.45, 7) is 6.34. The number of nitrogens with one attached hydrogen (secondary N) is 1. The molecule has 5 nitrogen and oxygen atoms in total. The molecular weight excluding hydrogens is 383 g/mol. The van der Waals surface area contributed by atoms with Gasteiger partial charge in [0, 0.05) is 5.70 Å². The standard InChI is InChI=1S/C24H25FN2O3/c1-4-29-20-8-6-7-18(15-20)23-22(24(28)30-5-2)16(3)26-21(27-23)14-11-17-9-12-19(25)13-10-17/h6-15,23H,4-5H2,1-3H3,(H,26,27)/b14-11+. The monoisotopic (exact) mass is 408 g/mol. The minimum atomic E-state index is -0.529. The predicted octanol–water partition coefficient (Wildman–Crippen LogP) is 4.82. The van der Waals surface area contributed by atoms with Gasteiger partial charge in [-0.1, -0.05) is 30.3 Å². The third-order valence-electron chi connectivity index (χ3n) is 4.55. The maximum Gasteiger partial charge on any atom is 0.338 e. The molecule has 1 aliphatic heterocycles. The SMILES string of the molecule is CCOC(=O)C1=C(C)NC(/C=C/c2ccc(F)cc2)=NC1c1cccc(OCC)c1. The van der Waals surface area contributed by atoms with Gasteiger partial charge >= 0.3 is 5.97 Å². The Kier molecular flexibility index (Phi) is 7.01. The quantitative estimate of drug-likeness (QED) is 0.668. The van der Waals surface area contributed by atoms with E-state index in [9.17, 15) is 9.18 Å². The van der Waals surface area contributed by atoms with Gasteiger partial charge in [0.25, 0.3) is 0 Å². The van der Waals surface area contributed by atoms with E-state index in [2.05, 4.69) is 5.32 Å². The van der Waals surface area contributed by atoms with Crippen LogP contribution in [-0.2, 0) is 9.53 Å². The van der Waals surface area contributed by atoms with Crippen molar-refractivity contribution >= 4 is 17.9 Å². The van der Waals surface area contributed by atoms with Crippen LogP contribution in [0, 0.1) is 5.82 Å². The number of esters is 1. The molecule has 0 radical (unpaired) electrons. The Balaban J connectivity index is 1.97. The van der Waals surface area contributed by atoms with Gasteiger partial charge in [-0.3, -0.25) is 4.99 Å². The molecule has 30 heavy (non-hydrogen) atoms. The third kappa shape index (κ3) is 5.14. The Morgan fingerprint density at radius 3 is 2.60 bits per heavy atom. The van der Waals surface area contributed by atoms with Crippen LogP contribution in [-0.4, -0.2) is 25.0 Å². The van der Waals surface area contributed by atoms with Crippen molar-refractivity contribution in [1.29, 1.82) is 0 Å². The highest BCUT2D eigenvalue weighted by atomic mass is 19.1. The summed E-state index contributed by atoms with van der Waals surface area (Å²) in [6, 6.07) is 13.2. The molecule has 1 atom stereocenters. The van der Waals surface area contributed by atoms with Crippen LogP contribution in [0.4, 0.5) is 4.39 Å². The summed E-state index contributed by atoms with van der Waals surface area (Å²) in [5, 5.41) is 3.16. The van der Waals surface area contributed by atoms with Crippen LogP contribution in [0.5, 0.6) is 5.75 Å². The maximum atomic E-state index is 13.1. The van der Waals surface area contributed by atoms with Gasteiger partial charge in [-0.05, 0) is 62.2 Å². The van der Waals surface area contributed by atoms with Crippen LogP contribution in [0.15, 0.2) is 70.9 Å². The maximum absolute atomic E-state index is 13.1. The molecule has 1 aliphatic rings. The summed E-state index contributed by atoms with van der Waals surface area (Å²) in [6.07, 6.45) is 3.64. The fourth-order valence-electron chi connectivity index (χ4n) is 3.19. The molecule has 0 amide bonds. The van der Waals surface area contributed by atoms with E-state index in [1.54, 1.807) is 25.1 Å². The normalized spacial score (nSPS) is 16.3. The minimum Gasteiger partial charge on any atom is -0.494 e. The average Bonchev–Trinajstić information content (AvgIpc) is 2.73. The number of ether oxygens (including phenoxy) is 2.